The van der Waals surface area contributed by atoms with Crippen LogP contribution in [-0.4, -0.2) is 18.2 Å². The molecule has 3 N–H and O–H groups in total. The fourth-order valence-corrected chi connectivity index (χ4v) is 3.08. The van der Waals surface area contributed by atoms with E-state index in [1.54, 1.807) is 0 Å². The minimum absolute atomic E-state index is 0.0964. The van der Waals surface area contributed by atoms with Gasteiger partial charge in [0, 0.05) is 18.3 Å². The van der Waals surface area contributed by atoms with Crippen LogP contribution >= 0.6 is 0 Å². The summed E-state index contributed by atoms with van der Waals surface area (Å²) in [6.45, 7) is 3.32. The number of anilines is 1. The topological polar surface area (TPSA) is 49.5 Å². The zero-order valence-corrected chi connectivity index (χ0v) is 12.4. The number of aliphatic hydroxyl groups is 1. The normalized spacial score (nSPS) is 20.7. The maximum Gasteiger partial charge on any atom is 0.104 e. The van der Waals surface area contributed by atoms with Crippen molar-refractivity contribution in [2.45, 2.75) is 25.0 Å². The maximum absolute atomic E-state index is 10.9. The van der Waals surface area contributed by atoms with Crippen molar-refractivity contribution < 1.29 is 5.11 Å². The Morgan fingerprint density at radius 1 is 1.14 bits per heavy atom. The largest absolute Gasteiger partial charge is 0.384 e. The van der Waals surface area contributed by atoms with Gasteiger partial charge in [-0.05, 0) is 30.5 Å². The van der Waals surface area contributed by atoms with Gasteiger partial charge in [0.25, 0.3) is 0 Å². The molecular weight excluding hydrogens is 260 g/mol. The zero-order valence-electron chi connectivity index (χ0n) is 12.4. The summed E-state index contributed by atoms with van der Waals surface area (Å²) in [5, 5.41) is 10.9. The molecule has 3 nitrogen and oxygen atoms in total. The van der Waals surface area contributed by atoms with Crippen LogP contribution < -0.4 is 10.6 Å². The van der Waals surface area contributed by atoms with Crippen LogP contribution in [0.15, 0.2) is 54.6 Å². The Morgan fingerprint density at radius 2 is 1.81 bits per heavy atom. The van der Waals surface area contributed by atoms with Crippen molar-refractivity contribution >= 4 is 5.69 Å². The number of rotatable bonds is 3. The van der Waals surface area contributed by atoms with Crippen LogP contribution in [0.1, 0.15) is 30.5 Å². The fraction of sp³-hybridized carbons (Fsp3) is 0.333. The molecule has 0 fully saturated rings. The molecule has 0 bridgehead atoms. The van der Waals surface area contributed by atoms with E-state index in [4.69, 9.17) is 5.73 Å². The Labute approximate surface area is 126 Å². The van der Waals surface area contributed by atoms with E-state index < -0.39 is 5.60 Å². The average molecular weight is 282 g/mol. The second-order valence-corrected chi connectivity index (χ2v) is 6.02. The highest BCUT2D eigenvalue weighted by Gasteiger charge is 2.30. The molecule has 2 unspecified atom stereocenters. The van der Waals surface area contributed by atoms with Crippen molar-refractivity contribution in [1.82, 2.24) is 0 Å². The first-order valence-corrected chi connectivity index (χ1v) is 7.45. The molecule has 1 heterocycles. The summed E-state index contributed by atoms with van der Waals surface area (Å²) in [7, 11) is 0. The summed E-state index contributed by atoms with van der Waals surface area (Å²) in [5.41, 5.74) is 8.58. The lowest BCUT2D eigenvalue weighted by Crippen LogP contribution is -2.43. The molecule has 2 aromatic carbocycles. The molecule has 0 saturated heterocycles. The Kier molecular flexibility index (Phi) is 3.70. The summed E-state index contributed by atoms with van der Waals surface area (Å²) in [4.78, 5) is 2.24. The monoisotopic (exact) mass is 282 g/mol. The third-order valence-electron chi connectivity index (χ3n) is 4.28. The molecule has 3 rings (SSSR count). The molecule has 1 aliphatic rings. The quantitative estimate of drug-likeness (QED) is 0.910. The summed E-state index contributed by atoms with van der Waals surface area (Å²) in [6.07, 6.45) is 0.919. The van der Waals surface area contributed by atoms with Crippen LogP contribution in [0.3, 0.4) is 0 Å². The molecule has 3 heteroatoms. The lowest BCUT2D eigenvalue weighted by atomic mass is 9.92. The van der Waals surface area contributed by atoms with Gasteiger partial charge in [-0.1, -0.05) is 48.5 Å². The van der Waals surface area contributed by atoms with E-state index in [0.717, 1.165) is 24.2 Å². The smallest absolute Gasteiger partial charge is 0.104 e. The summed E-state index contributed by atoms with van der Waals surface area (Å²) >= 11 is 0. The minimum Gasteiger partial charge on any atom is -0.384 e. The molecule has 21 heavy (non-hydrogen) atoms. The summed E-state index contributed by atoms with van der Waals surface area (Å²) < 4.78 is 0. The van der Waals surface area contributed by atoms with Crippen molar-refractivity contribution in [3.63, 3.8) is 0 Å². The Bertz CT molecular complexity index is 610. The van der Waals surface area contributed by atoms with Gasteiger partial charge in [-0.3, -0.25) is 0 Å². The molecule has 0 amide bonds. The SMILES string of the molecule is CC(O)(CN1CCC(N)c2ccccc21)c1ccccc1. The second-order valence-electron chi connectivity index (χ2n) is 6.02. The molecule has 1 aliphatic heterocycles. The highest BCUT2D eigenvalue weighted by Crippen LogP contribution is 2.34. The molecule has 0 aromatic heterocycles. The Balaban J connectivity index is 1.87. The van der Waals surface area contributed by atoms with Gasteiger partial charge < -0.3 is 15.7 Å². The first-order valence-electron chi connectivity index (χ1n) is 7.45. The minimum atomic E-state index is -0.879. The molecular formula is C18H22N2O. The van der Waals surface area contributed by atoms with Crippen LogP contribution in [0.4, 0.5) is 5.69 Å². The first kappa shape index (κ1) is 14.1. The van der Waals surface area contributed by atoms with Crippen LogP contribution in [-0.2, 0) is 5.60 Å². The summed E-state index contributed by atoms with van der Waals surface area (Å²) in [5.74, 6) is 0. The van der Waals surface area contributed by atoms with Crippen molar-refractivity contribution in [3.05, 3.63) is 65.7 Å². The zero-order chi connectivity index (χ0) is 14.9. The van der Waals surface area contributed by atoms with Gasteiger partial charge in [0.15, 0.2) is 0 Å². The van der Waals surface area contributed by atoms with E-state index in [1.807, 2.05) is 49.4 Å². The fourth-order valence-electron chi connectivity index (χ4n) is 3.08. The van der Waals surface area contributed by atoms with Crippen molar-refractivity contribution in [2.24, 2.45) is 5.73 Å². The lowest BCUT2D eigenvalue weighted by molar-refractivity contribution is 0.0639. The second kappa shape index (κ2) is 5.51. The number of benzene rings is 2. The molecule has 0 saturated carbocycles. The number of nitrogens with two attached hydrogens (primary N) is 1. The third-order valence-corrected chi connectivity index (χ3v) is 4.28. The van der Waals surface area contributed by atoms with Crippen molar-refractivity contribution in [2.75, 3.05) is 18.0 Å². The predicted octanol–water partition coefficient (Wildman–Crippen LogP) is 2.80. The molecule has 2 aromatic rings. The Morgan fingerprint density at radius 3 is 2.57 bits per heavy atom. The number of hydrogen-bond donors (Lipinski definition) is 2. The molecule has 110 valence electrons. The third kappa shape index (κ3) is 2.80. The van der Waals surface area contributed by atoms with E-state index in [-0.39, 0.29) is 6.04 Å². The van der Waals surface area contributed by atoms with Crippen molar-refractivity contribution in [3.8, 4) is 0 Å². The van der Waals surface area contributed by atoms with E-state index in [9.17, 15) is 5.11 Å². The standard InChI is InChI=1S/C18H22N2O/c1-18(21,14-7-3-2-4-8-14)13-20-12-11-16(19)15-9-5-6-10-17(15)20/h2-10,16,21H,11-13,19H2,1H3. The lowest BCUT2D eigenvalue weighted by Gasteiger charge is -2.39. The van der Waals surface area contributed by atoms with Gasteiger partial charge in [-0.15, -0.1) is 0 Å². The molecule has 0 spiro atoms. The van der Waals surface area contributed by atoms with E-state index in [1.165, 1.54) is 5.56 Å². The van der Waals surface area contributed by atoms with Crippen LogP contribution in [0, 0.1) is 0 Å². The molecule has 0 aliphatic carbocycles. The first-order chi connectivity index (χ1) is 10.1. The number of hydrogen-bond acceptors (Lipinski definition) is 3. The molecule has 0 radical (unpaired) electrons. The van der Waals surface area contributed by atoms with Gasteiger partial charge in [0.2, 0.25) is 0 Å². The van der Waals surface area contributed by atoms with Gasteiger partial charge >= 0.3 is 0 Å². The Hall–Kier alpha value is -1.84. The number of β-amino-alcohol motifs (C(OH)–C–C–N with tert-alkyl or cyclic N) is 1. The van der Waals surface area contributed by atoms with E-state index in [0.29, 0.717) is 6.54 Å². The van der Waals surface area contributed by atoms with E-state index >= 15 is 0 Å². The van der Waals surface area contributed by atoms with Crippen LogP contribution in [0.5, 0.6) is 0 Å². The average Bonchev–Trinajstić information content (AvgIpc) is 2.51. The number of nitrogens with zero attached hydrogens (tertiary/aromatic N) is 1. The van der Waals surface area contributed by atoms with Gasteiger partial charge in [-0.2, -0.15) is 0 Å². The van der Waals surface area contributed by atoms with Gasteiger partial charge in [0.1, 0.15) is 5.60 Å². The number of fused-ring (bicyclic) bond motifs is 1. The highest BCUT2D eigenvalue weighted by atomic mass is 16.3. The summed E-state index contributed by atoms with van der Waals surface area (Å²) in [6, 6.07) is 18.2. The maximum atomic E-state index is 10.9. The highest BCUT2D eigenvalue weighted by molar-refractivity contribution is 5.57. The molecule has 2 atom stereocenters. The van der Waals surface area contributed by atoms with Crippen molar-refractivity contribution in [1.29, 1.82) is 0 Å². The van der Waals surface area contributed by atoms with Gasteiger partial charge in [-0.25, -0.2) is 0 Å². The predicted molar refractivity (Wildman–Crippen MR) is 86.2 cm³/mol. The van der Waals surface area contributed by atoms with E-state index in [2.05, 4.69) is 17.0 Å². The van der Waals surface area contributed by atoms with Crippen LogP contribution in [0.2, 0.25) is 0 Å². The van der Waals surface area contributed by atoms with Gasteiger partial charge in [0.05, 0.1) is 6.54 Å². The number of para-hydroxylation sites is 1. The van der Waals surface area contributed by atoms with Crippen LogP contribution in [0.25, 0.3) is 0 Å².